The molecule has 0 radical (unpaired) electrons. The minimum absolute atomic E-state index is 0.191. The van der Waals surface area contributed by atoms with Crippen LogP contribution in [-0.2, 0) is 11.3 Å². The summed E-state index contributed by atoms with van der Waals surface area (Å²) < 4.78 is 5.99. The highest BCUT2D eigenvalue weighted by atomic mass is 16.5. The van der Waals surface area contributed by atoms with Gasteiger partial charge < -0.3 is 9.94 Å². The van der Waals surface area contributed by atoms with Gasteiger partial charge in [0.2, 0.25) is 0 Å². The number of hydrogen-bond acceptors (Lipinski definition) is 3. The van der Waals surface area contributed by atoms with E-state index < -0.39 is 0 Å². The summed E-state index contributed by atoms with van der Waals surface area (Å²) in [5.74, 6) is 0. The molecule has 1 N–H and O–H groups in total. The molecule has 3 nitrogen and oxygen atoms in total. The third-order valence-corrected chi connectivity index (χ3v) is 4.78. The summed E-state index contributed by atoms with van der Waals surface area (Å²) in [6.45, 7) is 4.77. The van der Waals surface area contributed by atoms with E-state index in [0.29, 0.717) is 19.6 Å². The van der Waals surface area contributed by atoms with E-state index >= 15 is 0 Å². The first-order valence-electron chi connectivity index (χ1n) is 9.59. The minimum atomic E-state index is -0.282. The van der Waals surface area contributed by atoms with Gasteiger partial charge in [0, 0.05) is 0 Å². The third kappa shape index (κ3) is 5.40. The van der Waals surface area contributed by atoms with Crippen molar-refractivity contribution in [3.05, 3.63) is 120 Å². The maximum absolute atomic E-state index is 11.2. The zero-order valence-corrected chi connectivity index (χ0v) is 16.0. The molecule has 0 saturated heterocycles. The van der Waals surface area contributed by atoms with Crippen molar-refractivity contribution in [1.82, 2.24) is 5.06 Å². The van der Waals surface area contributed by atoms with Crippen LogP contribution in [0.4, 0.5) is 0 Å². The molecule has 3 rings (SSSR count). The molecule has 3 heteroatoms. The first kappa shape index (κ1) is 20.0. The lowest BCUT2D eigenvalue weighted by molar-refractivity contribution is -0.178. The summed E-state index contributed by atoms with van der Waals surface area (Å²) in [7, 11) is 0. The molecule has 0 aliphatic carbocycles. The van der Waals surface area contributed by atoms with Crippen molar-refractivity contribution in [2.24, 2.45) is 0 Å². The van der Waals surface area contributed by atoms with E-state index in [9.17, 15) is 5.21 Å². The van der Waals surface area contributed by atoms with Crippen LogP contribution >= 0.6 is 0 Å². The predicted molar refractivity (Wildman–Crippen MR) is 113 cm³/mol. The quantitative estimate of drug-likeness (QED) is 0.352. The number of rotatable bonds is 10. The lowest BCUT2D eigenvalue weighted by atomic mass is 9.99. The Morgan fingerprint density at radius 1 is 0.786 bits per heavy atom. The van der Waals surface area contributed by atoms with Gasteiger partial charge >= 0.3 is 0 Å². The molecule has 0 aliphatic rings. The molecule has 0 fully saturated rings. The van der Waals surface area contributed by atoms with Crippen LogP contribution in [-0.4, -0.2) is 16.9 Å². The highest BCUT2D eigenvalue weighted by Crippen LogP contribution is 2.32. The molecule has 0 aromatic heterocycles. The molecule has 0 saturated carbocycles. The Hall–Kier alpha value is -2.72. The molecule has 0 unspecified atom stereocenters. The van der Waals surface area contributed by atoms with Crippen molar-refractivity contribution in [1.29, 1.82) is 0 Å². The van der Waals surface area contributed by atoms with Crippen molar-refractivity contribution in [3.8, 4) is 0 Å². The topological polar surface area (TPSA) is 32.7 Å². The molecule has 3 aromatic rings. The second-order valence-corrected chi connectivity index (χ2v) is 6.76. The molecule has 28 heavy (non-hydrogen) atoms. The number of hydroxylamine groups is 2. The van der Waals surface area contributed by atoms with Gasteiger partial charge in [-0.3, -0.25) is 0 Å². The van der Waals surface area contributed by atoms with Gasteiger partial charge in [-0.05, 0) is 23.1 Å². The first-order chi connectivity index (χ1) is 13.8. The van der Waals surface area contributed by atoms with E-state index in [1.807, 2.05) is 97.1 Å². The summed E-state index contributed by atoms with van der Waals surface area (Å²) in [5.41, 5.74) is 3.18. The summed E-state index contributed by atoms with van der Waals surface area (Å²) in [6.07, 6.45) is 2.48. The van der Waals surface area contributed by atoms with Crippen LogP contribution in [0.5, 0.6) is 0 Å². The van der Waals surface area contributed by atoms with Gasteiger partial charge in [-0.25, -0.2) is 0 Å². The second kappa shape index (κ2) is 10.6. The molecule has 0 amide bonds. The molecule has 0 aliphatic heterocycles. The Labute approximate surface area is 167 Å². The average Bonchev–Trinajstić information content (AvgIpc) is 2.76. The fraction of sp³-hybridized carbons (Fsp3) is 0.200. The van der Waals surface area contributed by atoms with E-state index in [0.717, 1.165) is 16.7 Å². The maximum atomic E-state index is 11.2. The van der Waals surface area contributed by atoms with E-state index in [4.69, 9.17) is 4.74 Å². The van der Waals surface area contributed by atoms with Crippen LogP contribution in [0.3, 0.4) is 0 Å². The lowest BCUT2D eigenvalue weighted by Crippen LogP contribution is -2.32. The monoisotopic (exact) mass is 373 g/mol. The molecule has 0 heterocycles. The summed E-state index contributed by atoms with van der Waals surface area (Å²) in [5, 5.41) is 12.6. The molecular weight excluding hydrogens is 346 g/mol. The van der Waals surface area contributed by atoms with Crippen LogP contribution in [0.25, 0.3) is 0 Å². The zero-order chi connectivity index (χ0) is 19.6. The van der Waals surface area contributed by atoms with Gasteiger partial charge in [0.1, 0.15) is 0 Å². The van der Waals surface area contributed by atoms with Crippen molar-refractivity contribution in [2.75, 3.05) is 6.61 Å². The van der Waals surface area contributed by atoms with Crippen LogP contribution in [0, 0.1) is 0 Å². The van der Waals surface area contributed by atoms with Crippen LogP contribution in [0.1, 0.15) is 35.2 Å². The molecular formula is C25H27NO2. The Bertz CT molecular complexity index is 821. The Morgan fingerprint density at radius 3 is 1.82 bits per heavy atom. The van der Waals surface area contributed by atoms with E-state index in [1.165, 1.54) is 5.06 Å². The van der Waals surface area contributed by atoms with E-state index in [-0.39, 0.29) is 12.1 Å². The maximum Gasteiger partial charge on any atom is 0.0840 e. The van der Waals surface area contributed by atoms with Crippen molar-refractivity contribution in [3.63, 3.8) is 0 Å². The smallest absolute Gasteiger partial charge is 0.0840 e. The SMILES string of the molecule is C=CC[C@H](c1ccccc1)N(O)[C@@H](COCc1ccccc1)c1ccccc1. The summed E-state index contributed by atoms with van der Waals surface area (Å²) in [4.78, 5) is 0. The van der Waals surface area contributed by atoms with Crippen LogP contribution in [0.2, 0.25) is 0 Å². The Balaban J connectivity index is 1.79. The minimum Gasteiger partial charge on any atom is -0.375 e. The van der Waals surface area contributed by atoms with Gasteiger partial charge in [0.05, 0.1) is 25.3 Å². The highest BCUT2D eigenvalue weighted by Gasteiger charge is 2.27. The van der Waals surface area contributed by atoms with Crippen molar-refractivity contribution < 1.29 is 9.94 Å². The number of nitrogens with zero attached hydrogens (tertiary/aromatic N) is 1. The normalized spacial score (nSPS) is 13.2. The van der Waals surface area contributed by atoms with Gasteiger partial charge in [-0.1, -0.05) is 97.1 Å². The summed E-state index contributed by atoms with van der Waals surface area (Å²) >= 11 is 0. The highest BCUT2D eigenvalue weighted by molar-refractivity contribution is 5.23. The molecule has 2 atom stereocenters. The Kier molecular flexibility index (Phi) is 7.56. The fourth-order valence-electron chi connectivity index (χ4n) is 3.31. The van der Waals surface area contributed by atoms with Crippen molar-refractivity contribution >= 4 is 0 Å². The summed E-state index contributed by atoms with van der Waals surface area (Å²) in [6, 6.07) is 29.6. The number of benzene rings is 3. The molecule has 0 bridgehead atoms. The third-order valence-electron chi connectivity index (χ3n) is 4.78. The average molecular weight is 373 g/mol. The fourth-order valence-corrected chi connectivity index (χ4v) is 3.31. The van der Waals surface area contributed by atoms with Crippen LogP contribution in [0.15, 0.2) is 104 Å². The standard InChI is InChI=1S/C25H27NO2/c1-2-12-24(22-15-8-4-9-16-22)26(27)25(23-17-10-5-11-18-23)20-28-19-21-13-6-3-7-14-21/h2-11,13-18,24-25,27H,1,12,19-20H2/t24-,25+/m1/s1. The molecule has 0 spiro atoms. The molecule has 144 valence electrons. The van der Waals surface area contributed by atoms with E-state index in [1.54, 1.807) is 0 Å². The van der Waals surface area contributed by atoms with Crippen LogP contribution < -0.4 is 0 Å². The first-order valence-corrected chi connectivity index (χ1v) is 9.59. The van der Waals surface area contributed by atoms with Gasteiger partial charge in [0.25, 0.3) is 0 Å². The van der Waals surface area contributed by atoms with Gasteiger partial charge in [-0.15, -0.1) is 6.58 Å². The zero-order valence-electron chi connectivity index (χ0n) is 16.0. The van der Waals surface area contributed by atoms with Crippen molar-refractivity contribution in [2.45, 2.75) is 25.1 Å². The number of hydrogen-bond donors (Lipinski definition) is 1. The van der Waals surface area contributed by atoms with Gasteiger partial charge in [-0.2, -0.15) is 5.06 Å². The lowest BCUT2D eigenvalue weighted by Gasteiger charge is -2.33. The second-order valence-electron chi connectivity index (χ2n) is 6.76. The van der Waals surface area contributed by atoms with E-state index in [2.05, 4.69) is 6.58 Å². The molecule has 3 aromatic carbocycles. The largest absolute Gasteiger partial charge is 0.375 e. The number of ether oxygens (including phenoxy) is 1. The predicted octanol–water partition coefficient (Wildman–Crippen LogP) is 5.95. The Morgan fingerprint density at radius 2 is 1.29 bits per heavy atom. The van der Waals surface area contributed by atoms with Gasteiger partial charge in [0.15, 0.2) is 0 Å².